The van der Waals surface area contributed by atoms with E-state index in [1.54, 1.807) is 31.2 Å². The Kier molecular flexibility index (Phi) is 5.19. The third kappa shape index (κ3) is 3.58. The van der Waals surface area contributed by atoms with Gasteiger partial charge in [-0.1, -0.05) is 29.8 Å². The van der Waals surface area contributed by atoms with E-state index in [-0.39, 0.29) is 6.61 Å². The van der Waals surface area contributed by atoms with Crippen molar-refractivity contribution >= 4 is 17.6 Å². The van der Waals surface area contributed by atoms with Crippen LogP contribution >= 0.6 is 11.6 Å². The molecule has 1 aromatic carbocycles. The number of ether oxygens (including phenoxy) is 1. The molecule has 1 aromatic rings. The van der Waals surface area contributed by atoms with Crippen molar-refractivity contribution in [1.82, 2.24) is 0 Å². The van der Waals surface area contributed by atoms with Gasteiger partial charge in [-0.3, -0.25) is 4.79 Å². The summed E-state index contributed by atoms with van der Waals surface area (Å²) in [6, 6.07) is 6.66. The number of aliphatic hydroxyl groups is 1. The fourth-order valence-corrected chi connectivity index (χ4v) is 1.59. The van der Waals surface area contributed by atoms with E-state index in [4.69, 9.17) is 16.3 Å². The fraction of sp³-hybridized carbons (Fsp3) is 0.308. The standard InChI is InChI=1S/C13H15ClO3/c1-3-11(13(16)17-4-2)12(15)9-5-7-10(14)8-6-9/h3,5-8,11-12,15H,1,4H2,2H3/t11-,12-/m1/s1. The van der Waals surface area contributed by atoms with Gasteiger partial charge in [0.2, 0.25) is 0 Å². The second-order valence-electron chi connectivity index (χ2n) is 3.51. The van der Waals surface area contributed by atoms with Gasteiger partial charge in [-0.05, 0) is 24.6 Å². The summed E-state index contributed by atoms with van der Waals surface area (Å²) in [6.45, 7) is 5.53. The number of carbonyl (C=O) groups excluding carboxylic acids is 1. The van der Waals surface area contributed by atoms with Crippen LogP contribution in [0, 0.1) is 5.92 Å². The van der Waals surface area contributed by atoms with E-state index in [2.05, 4.69) is 6.58 Å². The van der Waals surface area contributed by atoms with E-state index in [0.717, 1.165) is 0 Å². The first-order chi connectivity index (χ1) is 8.10. The molecule has 0 fully saturated rings. The number of benzene rings is 1. The Morgan fingerprint density at radius 3 is 2.59 bits per heavy atom. The van der Waals surface area contributed by atoms with E-state index < -0.39 is 18.0 Å². The first-order valence-electron chi connectivity index (χ1n) is 5.32. The van der Waals surface area contributed by atoms with Crippen molar-refractivity contribution in [2.24, 2.45) is 5.92 Å². The number of hydrogen-bond acceptors (Lipinski definition) is 3. The molecule has 0 aliphatic carbocycles. The smallest absolute Gasteiger partial charge is 0.315 e. The van der Waals surface area contributed by atoms with Gasteiger partial charge in [0.15, 0.2) is 0 Å². The molecule has 4 heteroatoms. The molecule has 17 heavy (non-hydrogen) atoms. The van der Waals surface area contributed by atoms with Crippen LogP contribution < -0.4 is 0 Å². The molecular weight excluding hydrogens is 240 g/mol. The van der Waals surface area contributed by atoms with Crippen LogP contribution in [-0.2, 0) is 9.53 Å². The molecule has 0 saturated carbocycles. The minimum atomic E-state index is -0.969. The Hall–Kier alpha value is -1.32. The van der Waals surface area contributed by atoms with E-state index >= 15 is 0 Å². The molecule has 1 N–H and O–H groups in total. The third-order valence-corrected chi connectivity index (χ3v) is 2.62. The van der Waals surface area contributed by atoms with Gasteiger partial charge in [0.25, 0.3) is 0 Å². The minimum Gasteiger partial charge on any atom is -0.465 e. The number of rotatable bonds is 5. The summed E-state index contributed by atoms with van der Waals surface area (Å²) < 4.78 is 4.87. The van der Waals surface area contributed by atoms with Crippen molar-refractivity contribution in [3.05, 3.63) is 47.5 Å². The molecule has 0 aliphatic heterocycles. The lowest BCUT2D eigenvalue weighted by atomic mass is 9.96. The highest BCUT2D eigenvalue weighted by Gasteiger charge is 2.26. The van der Waals surface area contributed by atoms with Crippen LogP contribution in [0.3, 0.4) is 0 Å². The molecule has 0 radical (unpaired) electrons. The maximum atomic E-state index is 11.6. The SMILES string of the molecule is C=C[C@@H](C(=O)OCC)[C@H](O)c1ccc(Cl)cc1. The number of aliphatic hydroxyl groups excluding tert-OH is 1. The molecule has 0 bridgehead atoms. The van der Waals surface area contributed by atoms with E-state index in [1.807, 2.05) is 0 Å². The quantitative estimate of drug-likeness (QED) is 0.649. The molecule has 92 valence electrons. The van der Waals surface area contributed by atoms with Gasteiger partial charge in [-0.2, -0.15) is 0 Å². The van der Waals surface area contributed by atoms with Gasteiger partial charge in [-0.25, -0.2) is 0 Å². The lowest BCUT2D eigenvalue weighted by molar-refractivity contribution is -0.149. The summed E-state index contributed by atoms with van der Waals surface area (Å²) in [5.74, 6) is -1.25. The lowest BCUT2D eigenvalue weighted by Gasteiger charge is -2.18. The third-order valence-electron chi connectivity index (χ3n) is 2.36. The van der Waals surface area contributed by atoms with Crippen LogP contribution in [0.1, 0.15) is 18.6 Å². The topological polar surface area (TPSA) is 46.5 Å². The Bertz CT molecular complexity index is 386. The van der Waals surface area contributed by atoms with Crippen molar-refractivity contribution in [2.75, 3.05) is 6.61 Å². The molecule has 0 saturated heterocycles. The second-order valence-corrected chi connectivity index (χ2v) is 3.95. The highest BCUT2D eigenvalue weighted by molar-refractivity contribution is 6.30. The summed E-state index contributed by atoms with van der Waals surface area (Å²) in [7, 11) is 0. The average molecular weight is 255 g/mol. The number of halogens is 1. The summed E-state index contributed by atoms with van der Waals surface area (Å²) in [4.78, 5) is 11.6. The van der Waals surface area contributed by atoms with Crippen molar-refractivity contribution < 1.29 is 14.6 Å². The molecule has 0 spiro atoms. The average Bonchev–Trinajstić information content (AvgIpc) is 2.31. The van der Waals surface area contributed by atoms with Crippen molar-refractivity contribution in [2.45, 2.75) is 13.0 Å². The summed E-state index contributed by atoms with van der Waals surface area (Å²) in [5.41, 5.74) is 0.604. The molecule has 0 heterocycles. The zero-order valence-corrected chi connectivity index (χ0v) is 10.4. The zero-order chi connectivity index (χ0) is 12.8. The number of esters is 1. The van der Waals surface area contributed by atoms with Crippen LogP contribution in [0.2, 0.25) is 5.02 Å². The predicted molar refractivity (Wildman–Crippen MR) is 66.7 cm³/mol. The largest absolute Gasteiger partial charge is 0.465 e. The fourth-order valence-electron chi connectivity index (χ4n) is 1.46. The Balaban J connectivity index is 2.85. The Morgan fingerprint density at radius 1 is 1.53 bits per heavy atom. The molecule has 1 rings (SSSR count). The van der Waals surface area contributed by atoms with E-state index in [0.29, 0.717) is 10.6 Å². The van der Waals surface area contributed by atoms with Gasteiger partial charge in [0.1, 0.15) is 5.92 Å². The monoisotopic (exact) mass is 254 g/mol. The van der Waals surface area contributed by atoms with Gasteiger partial charge >= 0.3 is 5.97 Å². The second kappa shape index (κ2) is 6.42. The maximum absolute atomic E-state index is 11.6. The first-order valence-corrected chi connectivity index (χ1v) is 5.70. The molecule has 3 nitrogen and oxygen atoms in total. The van der Waals surface area contributed by atoms with E-state index in [9.17, 15) is 9.90 Å². The van der Waals surface area contributed by atoms with Crippen LogP contribution in [0.15, 0.2) is 36.9 Å². The van der Waals surface area contributed by atoms with Crippen LogP contribution in [-0.4, -0.2) is 17.7 Å². The molecule has 0 amide bonds. The van der Waals surface area contributed by atoms with E-state index in [1.165, 1.54) is 6.08 Å². The Labute approximate surface area is 106 Å². The molecule has 0 aliphatic rings. The minimum absolute atomic E-state index is 0.274. The lowest BCUT2D eigenvalue weighted by Crippen LogP contribution is -2.22. The number of carbonyl (C=O) groups is 1. The molecule has 2 atom stereocenters. The van der Waals surface area contributed by atoms with Crippen LogP contribution in [0.4, 0.5) is 0 Å². The molecule has 0 aromatic heterocycles. The van der Waals surface area contributed by atoms with Crippen molar-refractivity contribution in [3.8, 4) is 0 Å². The van der Waals surface area contributed by atoms with Gasteiger partial charge in [-0.15, -0.1) is 6.58 Å². The van der Waals surface area contributed by atoms with Crippen LogP contribution in [0.5, 0.6) is 0 Å². The normalized spacial score (nSPS) is 13.8. The zero-order valence-electron chi connectivity index (χ0n) is 9.60. The number of hydrogen-bond donors (Lipinski definition) is 1. The maximum Gasteiger partial charge on any atom is 0.315 e. The summed E-state index contributed by atoms with van der Waals surface area (Å²) >= 11 is 5.75. The first kappa shape index (κ1) is 13.7. The highest BCUT2D eigenvalue weighted by Crippen LogP contribution is 2.25. The van der Waals surface area contributed by atoms with Crippen molar-refractivity contribution in [1.29, 1.82) is 0 Å². The molecular formula is C13H15ClO3. The predicted octanol–water partition coefficient (Wildman–Crippen LogP) is 2.74. The van der Waals surface area contributed by atoms with Crippen LogP contribution in [0.25, 0.3) is 0 Å². The summed E-state index contributed by atoms with van der Waals surface area (Å²) in [5, 5.41) is 10.6. The highest BCUT2D eigenvalue weighted by atomic mass is 35.5. The van der Waals surface area contributed by atoms with Gasteiger partial charge < -0.3 is 9.84 Å². The Morgan fingerprint density at radius 2 is 2.12 bits per heavy atom. The van der Waals surface area contributed by atoms with Gasteiger partial charge in [0, 0.05) is 5.02 Å². The van der Waals surface area contributed by atoms with Gasteiger partial charge in [0.05, 0.1) is 12.7 Å². The molecule has 0 unspecified atom stereocenters. The van der Waals surface area contributed by atoms with Crippen molar-refractivity contribution in [3.63, 3.8) is 0 Å². The summed E-state index contributed by atoms with van der Waals surface area (Å²) in [6.07, 6.45) is 0.417.